The second-order valence-corrected chi connectivity index (χ2v) is 4.67. The summed E-state index contributed by atoms with van der Waals surface area (Å²) < 4.78 is 38.2. The van der Waals surface area contributed by atoms with Crippen molar-refractivity contribution in [1.29, 1.82) is 5.26 Å². The van der Waals surface area contributed by atoms with Crippen molar-refractivity contribution in [3.05, 3.63) is 58.7 Å². The van der Waals surface area contributed by atoms with Crippen LogP contribution in [0.2, 0.25) is 0 Å². The SMILES string of the molecule is Cc1ccc(-c2ccc(C(F)(F)F)c(C#N)c2)cc1C. The molecule has 0 aromatic heterocycles. The van der Waals surface area contributed by atoms with Crippen molar-refractivity contribution in [3.8, 4) is 17.2 Å². The zero-order valence-corrected chi connectivity index (χ0v) is 11.0. The van der Waals surface area contributed by atoms with E-state index in [1.807, 2.05) is 32.0 Å². The van der Waals surface area contributed by atoms with E-state index in [9.17, 15) is 13.2 Å². The van der Waals surface area contributed by atoms with E-state index in [0.717, 1.165) is 22.8 Å². The molecule has 0 radical (unpaired) electrons. The molecule has 0 amide bonds. The highest BCUT2D eigenvalue weighted by atomic mass is 19.4. The summed E-state index contributed by atoms with van der Waals surface area (Å²) >= 11 is 0. The molecule has 2 aromatic carbocycles. The molecule has 0 saturated heterocycles. The van der Waals surface area contributed by atoms with Gasteiger partial charge < -0.3 is 0 Å². The summed E-state index contributed by atoms with van der Waals surface area (Å²) in [6.07, 6.45) is -4.51. The van der Waals surface area contributed by atoms with Crippen LogP contribution >= 0.6 is 0 Å². The minimum absolute atomic E-state index is 0.353. The molecule has 0 N–H and O–H groups in total. The Balaban J connectivity index is 2.55. The molecule has 0 aliphatic rings. The number of aryl methyl sites for hydroxylation is 2. The van der Waals surface area contributed by atoms with Crippen LogP contribution in [-0.4, -0.2) is 0 Å². The van der Waals surface area contributed by atoms with Crippen molar-refractivity contribution in [2.24, 2.45) is 0 Å². The molecular weight excluding hydrogens is 263 g/mol. The molecule has 20 heavy (non-hydrogen) atoms. The second kappa shape index (κ2) is 5.01. The maximum atomic E-state index is 12.7. The predicted octanol–water partition coefficient (Wildman–Crippen LogP) is 4.86. The molecule has 0 atom stereocenters. The zero-order chi connectivity index (χ0) is 14.9. The summed E-state index contributed by atoms with van der Waals surface area (Å²) in [4.78, 5) is 0. The number of alkyl halides is 3. The van der Waals surface area contributed by atoms with Crippen molar-refractivity contribution < 1.29 is 13.2 Å². The minimum atomic E-state index is -4.51. The summed E-state index contributed by atoms with van der Waals surface area (Å²) in [6.45, 7) is 3.90. The van der Waals surface area contributed by atoms with E-state index in [2.05, 4.69) is 0 Å². The molecule has 0 aliphatic carbocycles. The fourth-order valence-corrected chi connectivity index (χ4v) is 1.98. The Morgan fingerprint density at radius 2 is 1.50 bits per heavy atom. The van der Waals surface area contributed by atoms with Gasteiger partial charge in [0.15, 0.2) is 0 Å². The maximum Gasteiger partial charge on any atom is 0.417 e. The van der Waals surface area contributed by atoms with E-state index in [-0.39, 0.29) is 5.56 Å². The van der Waals surface area contributed by atoms with E-state index < -0.39 is 11.7 Å². The van der Waals surface area contributed by atoms with Crippen LogP contribution in [-0.2, 0) is 6.18 Å². The Morgan fingerprint density at radius 1 is 0.900 bits per heavy atom. The molecule has 2 rings (SSSR count). The van der Waals surface area contributed by atoms with Gasteiger partial charge in [-0.3, -0.25) is 0 Å². The molecule has 2 aromatic rings. The highest BCUT2D eigenvalue weighted by molar-refractivity contribution is 5.67. The number of hydrogen-bond acceptors (Lipinski definition) is 1. The van der Waals surface area contributed by atoms with Gasteiger partial charge >= 0.3 is 6.18 Å². The average Bonchev–Trinajstić information content (AvgIpc) is 2.40. The number of benzene rings is 2. The molecule has 1 nitrogen and oxygen atoms in total. The van der Waals surface area contributed by atoms with Crippen LogP contribution in [0.3, 0.4) is 0 Å². The maximum absolute atomic E-state index is 12.7. The summed E-state index contributed by atoms with van der Waals surface area (Å²) in [6, 6.07) is 10.9. The van der Waals surface area contributed by atoms with E-state index in [4.69, 9.17) is 5.26 Å². The van der Waals surface area contributed by atoms with E-state index in [1.165, 1.54) is 12.1 Å². The van der Waals surface area contributed by atoms with Gasteiger partial charge in [0, 0.05) is 0 Å². The first-order valence-electron chi connectivity index (χ1n) is 6.02. The summed E-state index contributed by atoms with van der Waals surface area (Å²) in [5, 5.41) is 8.90. The first-order chi connectivity index (χ1) is 9.32. The third-order valence-corrected chi connectivity index (χ3v) is 3.29. The van der Waals surface area contributed by atoms with Crippen molar-refractivity contribution in [1.82, 2.24) is 0 Å². The minimum Gasteiger partial charge on any atom is -0.192 e. The van der Waals surface area contributed by atoms with Crippen LogP contribution in [0.4, 0.5) is 13.2 Å². The van der Waals surface area contributed by atoms with Crippen LogP contribution in [0.15, 0.2) is 36.4 Å². The first kappa shape index (κ1) is 14.1. The van der Waals surface area contributed by atoms with E-state index >= 15 is 0 Å². The highest BCUT2D eigenvalue weighted by Crippen LogP contribution is 2.34. The van der Waals surface area contributed by atoms with Crippen LogP contribution in [0, 0.1) is 25.2 Å². The molecule has 0 fully saturated rings. The smallest absolute Gasteiger partial charge is 0.192 e. The Bertz CT molecular complexity index is 694. The van der Waals surface area contributed by atoms with Crippen molar-refractivity contribution in [2.75, 3.05) is 0 Å². The molecule has 0 saturated carbocycles. The number of hydrogen-bond donors (Lipinski definition) is 0. The van der Waals surface area contributed by atoms with E-state index in [1.54, 1.807) is 6.07 Å². The number of rotatable bonds is 1. The lowest BCUT2D eigenvalue weighted by atomic mass is 9.97. The van der Waals surface area contributed by atoms with Gasteiger partial charge in [-0.2, -0.15) is 18.4 Å². The van der Waals surface area contributed by atoms with Gasteiger partial charge in [0.2, 0.25) is 0 Å². The lowest BCUT2D eigenvalue weighted by Gasteiger charge is -2.11. The van der Waals surface area contributed by atoms with Gasteiger partial charge in [0.05, 0.1) is 17.2 Å². The van der Waals surface area contributed by atoms with Gasteiger partial charge in [0.1, 0.15) is 0 Å². The Kier molecular flexibility index (Phi) is 3.54. The number of nitrogens with zero attached hydrogens (tertiary/aromatic N) is 1. The van der Waals surface area contributed by atoms with Crippen LogP contribution in [0.1, 0.15) is 22.3 Å². The van der Waals surface area contributed by atoms with Crippen LogP contribution < -0.4 is 0 Å². The Morgan fingerprint density at radius 3 is 2.05 bits per heavy atom. The fourth-order valence-electron chi connectivity index (χ4n) is 1.98. The number of nitriles is 1. The molecule has 4 heteroatoms. The van der Waals surface area contributed by atoms with Gasteiger partial charge in [-0.05, 0) is 48.2 Å². The number of halogens is 3. The van der Waals surface area contributed by atoms with E-state index in [0.29, 0.717) is 5.56 Å². The van der Waals surface area contributed by atoms with Crippen molar-refractivity contribution >= 4 is 0 Å². The molecule has 0 heterocycles. The van der Waals surface area contributed by atoms with Gasteiger partial charge in [0.25, 0.3) is 0 Å². The van der Waals surface area contributed by atoms with Crippen molar-refractivity contribution in [2.45, 2.75) is 20.0 Å². The lowest BCUT2D eigenvalue weighted by Crippen LogP contribution is -2.07. The third kappa shape index (κ3) is 2.67. The topological polar surface area (TPSA) is 23.8 Å². The normalized spacial score (nSPS) is 11.2. The van der Waals surface area contributed by atoms with Crippen LogP contribution in [0.25, 0.3) is 11.1 Å². The molecule has 0 spiro atoms. The predicted molar refractivity (Wildman–Crippen MR) is 71.1 cm³/mol. The average molecular weight is 275 g/mol. The van der Waals surface area contributed by atoms with Crippen LogP contribution in [0.5, 0.6) is 0 Å². The van der Waals surface area contributed by atoms with Gasteiger partial charge in [-0.25, -0.2) is 0 Å². The molecular formula is C16H12F3N. The first-order valence-corrected chi connectivity index (χ1v) is 6.02. The lowest BCUT2D eigenvalue weighted by molar-refractivity contribution is -0.137. The quantitative estimate of drug-likeness (QED) is 0.729. The fraction of sp³-hybridized carbons (Fsp3) is 0.188. The Labute approximate surface area is 115 Å². The summed E-state index contributed by atoms with van der Waals surface area (Å²) in [5.74, 6) is 0. The molecule has 0 aliphatic heterocycles. The molecule has 0 bridgehead atoms. The van der Waals surface area contributed by atoms with Crippen molar-refractivity contribution in [3.63, 3.8) is 0 Å². The molecule has 102 valence electrons. The zero-order valence-electron chi connectivity index (χ0n) is 11.0. The monoisotopic (exact) mass is 275 g/mol. The summed E-state index contributed by atoms with van der Waals surface area (Å²) in [7, 11) is 0. The second-order valence-electron chi connectivity index (χ2n) is 4.67. The highest BCUT2D eigenvalue weighted by Gasteiger charge is 2.33. The largest absolute Gasteiger partial charge is 0.417 e. The summed E-state index contributed by atoms with van der Waals surface area (Å²) in [5.41, 5.74) is 2.33. The third-order valence-electron chi connectivity index (χ3n) is 3.29. The Hall–Kier alpha value is -2.28. The standard InChI is InChI=1S/C16H12F3N/c1-10-3-4-12(7-11(10)2)13-5-6-15(16(17,18)19)14(8-13)9-20/h3-8H,1-2H3. The van der Waals surface area contributed by atoms with Gasteiger partial charge in [-0.1, -0.05) is 24.3 Å². The molecule has 0 unspecified atom stereocenters. The van der Waals surface area contributed by atoms with Gasteiger partial charge in [-0.15, -0.1) is 0 Å².